The number of hydrogen-bond acceptors (Lipinski definition) is 2. The monoisotopic (exact) mass is 250 g/mol. The number of likely N-dealkylation sites (N-methyl/N-ethyl adjacent to an activating group) is 1. The summed E-state index contributed by atoms with van der Waals surface area (Å²) >= 11 is 5.98. The van der Waals surface area contributed by atoms with Gasteiger partial charge in [-0.1, -0.05) is 17.7 Å². The Hall–Kier alpha value is -1.06. The molecule has 4 heteroatoms. The van der Waals surface area contributed by atoms with Crippen LogP contribution in [0.1, 0.15) is 21.8 Å². The zero-order valence-electron chi connectivity index (χ0n) is 9.74. The Morgan fingerprint density at radius 3 is 3.06 bits per heavy atom. The number of nitrogens with one attached hydrogen (secondary N) is 1. The van der Waals surface area contributed by atoms with Gasteiger partial charge < -0.3 is 10.2 Å². The molecule has 2 aliphatic rings. The number of benzene rings is 1. The van der Waals surface area contributed by atoms with Gasteiger partial charge in [0.05, 0.1) is 0 Å². The fourth-order valence-corrected chi connectivity index (χ4v) is 3.19. The molecule has 1 aromatic carbocycles. The lowest BCUT2D eigenvalue weighted by atomic mass is 9.87. The third-order valence-corrected chi connectivity index (χ3v) is 4.04. The number of carbonyl (C=O) groups is 1. The highest BCUT2D eigenvalue weighted by atomic mass is 35.5. The lowest BCUT2D eigenvalue weighted by Gasteiger charge is -2.16. The average Bonchev–Trinajstić information content (AvgIpc) is 2.62. The summed E-state index contributed by atoms with van der Waals surface area (Å²) in [4.78, 5) is 14.3. The fraction of sp³-hybridized carbons (Fsp3) is 0.462. The maximum Gasteiger partial charge on any atom is 0.251 e. The van der Waals surface area contributed by atoms with Crippen LogP contribution in [-0.4, -0.2) is 37.5 Å². The maximum atomic E-state index is 12.0. The third-order valence-electron chi connectivity index (χ3n) is 3.81. The van der Waals surface area contributed by atoms with Crippen molar-refractivity contribution in [2.45, 2.75) is 5.92 Å². The molecule has 0 aliphatic carbocycles. The zero-order valence-corrected chi connectivity index (χ0v) is 10.5. The average molecular weight is 251 g/mol. The summed E-state index contributed by atoms with van der Waals surface area (Å²) in [5.74, 6) is 0.983. The maximum absolute atomic E-state index is 12.0. The van der Waals surface area contributed by atoms with Gasteiger partial charge in [0.2, 0.25) is 0 Å². The van der Waals surface area contributed by atoms with Crippen molar-refractivity contribution in [3.63, 3.8) is 0 Å². The number of rotatable bonds is 0. The van der Waals surface area contributed by atoms with E-state index in [1.54, 1.807) is 6.07 Å². The summed E-state index contributed by atoms with van der Waals surface area (Å²) in [6.45, 7) is 2.83. The molecule has 3 rings (SSSR count). The first kappa shape index (κ1) is 11.1. The minimum Gasteiger partial charge on any atom is -0.352 e. The topological polar surface area (TPSA) is 32.3 Å². The van der Waals surface area contributed by atoms with Crippen molar-refractivity contribution in [3.05, 3.63) is 34.3 Å². The summed E-state index contributed by atoms with van der Waals surface area (Å²) in [6, 6.07) is 5.68. The Kier molecular flexibility index (Phi) is 2.60. The lowest BCUT2D eigenvalue weighted by Crippen LogP contribution is -2.29. The van der Waals surface area contributed by atoms with Crippen LogP contribution in [-0.2, 0) is 0 Å². The molecular formula is C13H15ClN2O. The molecule has 1 aromatic rings. The SMILES string of the molecule is CN1C[C@@H]2CNC(=O)c3cc(Cl)ccc3[C@H]2C1. The van der Waals surface area contributed by atoms with Gasteiger partial charge in [0.25, 0.3) is 5.91 Å². The van der Waals surface area contributed by atoms with E-state index in [0.717, 1.165) is 30.8 Å². The second kappa shape index (κ2) is 4.00. The van der Waals surface area contributed by atoms with Crippen LogP contribution < -0.4 is 5.32 Å². The van der Waals surface area contributed by atoms with Crippen molar-refractivity contribution in [3.8, 4) is 0 Å². The Morgan fingerprint density at radius 2 is 2.24 bits per heavy atom. The number of fused-ring (bicyclic) bond motifs is 3. The molecule has 0 saturated carbocycles. The van der Waals surface area contributed by atoms with Crippen molar-refractivity contribution in [2.75, 3.05) is 26.7 Å². The second-order valence-electron chi connectivity index (χ2n) is 5.03. The summed E-state index contributed by atoms with van der Waals surface area (Å²) < 4.78 is 0. The van der Waals surface area contributed by atoms with Crippen LogP contribution in [0.3, 0.4) is 0 Å². The van der Waals surface area contributed by atoms with Gasteiger partial charge in [-0.2, -0.15) is 0 Å². The molecule has 0 aromatic heterocycles. The molecule has 90 valence electrons. The van der Waals surface area contributed by atoms with Gasteiger partial charge in [0.1, 0.15) is 0 Å². The van der Waals surface area contributed by atoms with Crippen LogP contribution in [0.15, 0.2) is 18.2 Å². The highest BCUT2D eigenvalue weighted by Gasteiger charge is 2.36. The zero-order chi connectivity index (χ0) is 12.0. The smallest absolute Gasteiger partial charge is 0.251 e. The standard InChI is InChI=1S/C13H15ClN2O/c1-16-6-8-5-15-13(17)11-4-9(14)2-3-10(11)12(8)7-16/h2-4,8,12H,5-7H2,1H3,(H,15,17)/t8-,12-/m0/s1. The van der Waals surface area contributed by atoms with Crippen LogP contribution in [0.2, 0.25) is 5.02 Å². The molecule has 1 amide bonds. The Morgan fingerprint density at radius 1 is 1.41 bits per heavy atom. The van der Waals surface area contributed by atoms with Crippen LogP contribution in [0.5, 0.6) is 0 Å². The molecule has 0 unspecified atom stereocenters. The lowest BCUT2D eigenvalue weighted by molar-refractivity contribution is 0.0951. The van der Waals surface area contributed by atoms with Crippen molar-refractivity contribution in [1.29, 1.82) is 0 Å². The molecule has 1 saturated heterocycles. The number of likely N-dealkylation sites (tertiary alicyclic amines) is 1. The van der Waals surface area contributed by atoms with Crippen LogP contribution in [0, 0.1) is 5.92 Å². The summed E-state index contributed by atoms with van der Waals surface area (Å²) in [6.07, 6.45) is 0. The summed E-state index contributed by atoms with van der Waals surface area (Å²) in [5.41, 5.74) is 1.90. The van der Waals surface area contributed by atoms with Crippen molar-refractivity contribution in [1.82, 2.24) is 10.2 Å². The van der Waals surface area contributed by atoms with E-state index in [1.807, 2.05) is 12.1 Å². The Balaban J connectivity index is 2.09. The van der Waals surface area contributed by atoms with Crippen molar-refractivity contribution >= 4 is 17.5 Å². The number of amides is 1. The van der Waals surface area contributed by atoms with E-state index in [2.05, 4.69) is 17.3 Å². The summed E-state index contributed by atoms with van der Waals surface area (Å²) in [5, 5.41) is 3.62. The van der Waals surface area contributed by atoms with E-state index in [1.165, 1.54) is 0 Å². The predicted octanol–water partition coefficient (Wildman–Crippen LogP) is 1.73. The van der Waals surface area contributed by atoms with Crippen molar-refractivity contribution in [2.24, 2.45) is 5.92 Å². The van der Waals surface area contributed by atoms with Gasteiger partial charge in [-0.25, -0.2) is 0 Å². The predicted molar refractivity (Wildman–Crippen MR) is 67.5 cm³/mol. The molecule has 2 heterocycles. The molecule has 0 radical (unpaired) electrons. The molecule has 3 nitrogen and oxygen atoms in total. The van der Waals surface area contributed by atoms with E-state index in [9.17, 15) is 4.79 Å². The quantitative estimate of drug-likeness (QED) is 0.761. The molecular weight excluding hydrogens is 236 g/mol. The first-order valence-corrected chi connectivity index (χ1v) is 6.29. The first-order chi connectivity index (χ1) is 8.15. The van der Waals surface area contributed by atoms with Crippen LogP contribution in [0.4, 0.5) is 0 Å². The highest BCUT2D eigenvalue weighted by Crippen LogP contribution is 2.36. The van der Waals surface area contributed by atoms with E-state index < -0.39 is 0 Å². The summed E-state index contributed by atoms with van der Waals surface area (Å²) in [7, 11) is 2.13. The number of hydrogen-bond donors (Lipinski definition) is 1. The van der Waals surface area contributed by atoms with E-state index in [0.29, 0.717) is 16.9 Å². The Labute approximate surface area is 106 Å². The second-order valence-corrected chi connectivity index (χ2v) is 5.47. The molecule has 17 heavy (non-hydrogen) atoms. The molecule has 0 spiro atoms. The van der Waals surface area contributed by atoms with Gasteiger partial charge in [-0.3, -0.25) is 4.79 Å². The van der Waals surface area contributed by atoms with Crippen LogP contribution in [0.25, 0.3) is 0 Å². The normalized spacial score (nSPS) is 28.2. The van der Waals surface area contributed by atoms with Gasteiger partial charge >= 0.3 is 0 Å². The number of carbonyl (C=O) groups excluding carboxylic acids is 1. The fourth-order valence-electron chi connectivity index (χ4n) is 3.01. The molecule has 2 aliphatic heterocycles. The van der Waals surface area contributed by atoms with E-state index in [-0.39, 0.29) is 5.91 Å². The first-order valence-electron chi connectivity index (χ1n) is 5.91. The van der Waals surface area contributed by atoms with Gasteiger partial charge in [0.15, 0.2) is 0 Å². The molecule has 1 N–H and O–H groups in total. The minimum atomic E-state index is 0.0135. The van der Waals surface area contributed by atoms with Crippen LogP contribution >= 0.6 is 11.6 Å². The molecule has 0 bridgehead atoms. The Bertz CT molecular complexity index is 474. The number of halogens is 1. The largest absolute Gasteiger partial charge is 0.352 e. The van der Waals surface area contributed by atoms with E-state index >= 15 is 0 Å². The molecule has 2 atom stereocenters. The van der Waals surface area contributed by atoms with Crippen molar-refractivity contribution < 1.29 is 4.79 Å². The third kappa shape index (κ3) is 1.83. The van der Waals surface area contributed by atoms with Gasteiger partial charge in [0, 0.05) is 36.1 Å². The van der Waals surface area contributed by atoms with Gasteiger partial charge in [-0.05, 0) is 30.7 Å². The van der Waals surface area contributed by atoms with E-state index in [4.69, 9.17) is 11.6 Å². The highest BCUT2D eigenvalue weighted by molar-refractivity contribution is 6.31. The molecule has 1 fully saturated rings. The minimum absolute atomic E-state index is 0.0135. The number of nitrogens with zero attached hydrogens (tertiary/aromatic N) is 1. The van der Waals surface area contributed by atoms with Gasteiger partial charge in [-0.15, -0.1) is 0 Å².